The Morgan fingerprint density at radius 1 is 1.04 bits per heavy atom. The lowest BCUT2D eigenvalue weighted by Gasteiger charge is -2.16. The van der Waals surface area contributed by atoms with E-state index in [1.54, 1.807) is 18.2 Å². The highest BCUT2D eigenvalue weighted by Gasteiger charge is 2.44. The Balaban J connectivity index is 2.00. The smallest absolute Gasteiger partial charge is 0.348 e. The van der Waals surface area contributed by atoms with Gasteiger partial charge in [-0.25, -0.2) is 9.59 Å². The first kappa shape index (κ1) is 14.5. The molecule has 24 heavy (non-hydrogen) atoms. The van der Waals surface area contributed by atoms with Gasteiger partial charge in [0.05, 0.1) is 24.0 Å². The Labute approximate surface area is 137 Å². The number of ether oxygens (including phenoxy) is 2. The second-order valence-electron chi connectivity index (χ2n) is 5.58. The number of hydrogen-bond donors (Lipinski definition) is 0. The zero-order chi connectivity index (χ0) is 16.7. The zero-order valence-corrected chi connectivity index (χ0v) is 12.9. The SMILES string of the molecule is COC(=O)[C@H]1Oc2c(c(=O)oc3ccccc23)[C@@H]1c1ccccc1. The van der Waals surface area contributed by atoms with Crippen molar-refractivity contribution in [2.75, 3.05) is 7.11 Å². The molecule has 5 heteroatoms. The van der Waals surface area contributed by atoms with Crippen molar-refractivity contribution >= 4 is 16.9 Å². The predicted molar refractivity (Wildman–Crippen MR) is 87.2 cm³/mol. The number of para-hydroxylation sites is 1. The maximum absolute atomic E-state index is 12.6. The molecule has 4 rings (SSSR count). The van der Waals surface area contributed by atoms with Gasteiger partial charge in [0.25, 0.3) is 0 Å². The van der Waals surface area contributed by atoms with Gasteiger partial charge in [-0.3, -0.25) is 0 Å². The summed E-state index contributed by atoms with van der Waals surface area (Å²) in [5.41, 5.74) is 1.09. The maximum Gasteiger partial charge on any atom is 0.348 e. The van der Waals surface area contributed by atoms with Crippen LogP contribution in [0, 0.1) is 0 Å². The minimum atomic E-state index is -0.916. The van der Waals surface area contributed by atoms with Crippen molar-refractivity contribution in [1.82, 2.24) is 0 Å². The molecular formula is C19H14O5. The Bertz CT molecular complexity index is 974. The molecule has 2 atom stereocenters. The minimum Gasteiger partial charge on any atom is -0.476 e. The van der Waals surface area contributed by atoms with Crippen LogP contribution in [0.3, 0.4) is 0 Å². The van der Waals surface area contributed by atoms with Crippen LogP contribution >= 0.6 is 0 Å². The standard InChI is InChI=1S/C19H14O5/c1-22-19(21)17-14(11-7-3-2-4-8-11)15-16(24-17)12-9-5-6-10-13(12)23-18(15)20/h2-10,14,17H,1H3/t14-,17-/m0/s1. The number of hydrogen-bond acceptors (Lipinski definition) is 5. The van der Waals surface area contributed by atoms with E-state index in [0.717, 1.165) is 5.56 Å². The van der Waals surface area contributed by atoms with E-state index in [2.05, 4.69) is 0 Å². The molecule has 0 aliphatic carbocycles. The molecule has 0 saturated heterocycles. The average Bonchev–Trinajstić information content (AvgIpc) is 3.03. The fourth-order valence-corrected chi connectivity index (χ4v) is 3.18. The summed E-state index contributed by atoms with van der Waals surface area (Å²) < 4.78 is 16.2. The molecule has 0 amide bonds. The van der Waals surface area contributed by atoms with Crippen molar-refractivity contribution in [3.05, 3.63) is 76.1 Å². The van der Waals surface area contributed by atoms with Crippen molar-refractivity contribution in [3.8, 4) is 5.75 Å². The van der Waals surface area contributed by atoms with Crippen LogP contribution in [0.15, 0.2) is 63.8 Å². The van der Waals surface area contributed by atoms with Gasteiger partial charge in [-0.15, -0.1) is 0 Å². The van der Waals surface area contributed by atoms with Gasteiger partial charge in [-0.1, -0.05) is 42.5 Å². The van der Waals surface area contributed by atoms with Crippen molar-refractivity contribution in [2.24, 2.45) is 0 Å². The van der Waals surface area contributed by atoms with Gasteiger partial charge in [0.1, 0.15) is 11.3 Å². The Morgan fingerprint density at radius 2 is 1.75 bits per heavy atom. The van der Waals surface area contributed by atoms with Gasteiger partial charge in [0.2, 0.25) is 6.10 Å². The summed E-state index contributed by atoms with van der Waals surface area (Å²) in [6.45, 7) is 0. The molecule has 0 spiro atoms. The van der Waals surface area contributed by atoms with Crippen molar-refractivity contribution in [2.45, 2.75) is 12.0 Å². The Kier molecular flexibility index (Phi) is 3.34. The first-order chi connectivity index (χ1) is 11.7. The molecule has 120 valence electrons. The van der Waals surface area contributed by atoms with Crippen molar-refractivity contribution in [1.29, 1.82) is 0 Å². The first-order valence-corrected chi connectivity index (χ1v) is 7.56. The Morgan fingerprint density at radius 3 is 2.50 bits per heavy atom. The van der Waals surface area contributed by atoms with Crippen LogP contribution in [-0.2, 0) is 9.53 Å². The molecule has 0 fully saturated rings. The van der Waals surface area contributed by atoms with Gasteiger partial charge >= 0.3 is 11.6 Å². The van der Waals surface area contributed by atoms with Gasteiger partial charge < -0.3 is 13.9 Å². The maximum atomic E-state index is 12.6. The summed E-state index contributed by atoms with van der Waals surface area (Å²) in [5.74, 6) is -0.691. The number of rotatable bonds is 2. The van der Waals surface area contributed by atoms with Crippen LogP contribution in [0.4, 0.5) is 0 Å². The summed E-state index contributed by atoms with van der Waals surface area (Å²) in [4.78, 5) is 24.8. The molecule has 1 aliphatic heterocycles. The second kappa shape index (κ2) is 5.53. The topological polar surface area (TPSA) is 65.7 Å². The normalized spacial score (nSPS) is 18.9. The highest BCUT2D eigenvalue weighted by atomic mass is 16.6. The molecular weight excluding hydrogens is 308 g/mol. The minimum absolute atomic E-state index is 0.357. The Hall–Kier alpha value is -3.08. The van der Waals surface area contributed by atoms with Crippen molar-refractivity contribution in [3.63, 3.8) is 0 Å². The molecule has 3 aromatic rings. The van der Waals surface area contributed by atoms with E-state index in [1.165, 1.54) is 7.11 Å². The number of fused-ring (bicyclic) bond motifs is 3. The lowest BCUT2D eigenvalue weighted by molar-refractivity contribution is -0.148. The van der Waals surface area contributed by atoms with E-state index in [0.29, 0.717) is 22.3 Å². The lowest BCUT2D eigenvalue weighted by Crippen LogP contribution is -2.31. The predicted octanol–water partition coefficient (Wildman–Crippen LogP) is 2.86. The van der Waals surface area contributed by atoms with E-state index in [-0.39, 0.29) is 0 Å². The van der Waals surface area contributed by atoms with Crippen LogP contribution in [-0.4, -0.2) is 19.2 Å². The number of carbonyl (C=O) groups excluding carboxylic acids is 1. The van der Waals surface area contributed by atoms with Crippen LogP contribution in [0.25, 0.3) is 11.0 Å². The zero-order valence-electron chi connectivity index (χ0n) is 12.9. The molecule has 0 radical (unpaired) electrons. The molecule has 2 aromatic carbocycles. The largest absolute Gasteiger partial charge is 0.476 e. The fraction of sp³-hybridized carbons (Fsp3) is 0.158. The van der Waals surface area contributed by atoms with Crippen LogP contribution in [0.5, 0.6) is 5.75 Å². The second-order valence-corrected chi connectivity index (χ2v) is 5.58. The van der Waals surface area contributed by atoms with Crippen LogP contribution in [0.1, 0.15) is 17.0 Å². The van der Waals surface area contributed by atoms with Gasteiger partial charge in [0.15, 0.2) is 0 Å². The molecule has 0 bridgehead atoms. The number of benzene rings is 2. The molecule has 0 saturated carbocycles. The highest BCUT2D eigenvalue weighted by Crippen LogP contribution is 2.44. The van der Waals surface area contributed by atoms with E-state index in [1.807, 2.05) is 36.4 Å². The summed E-state index contributed by atoms with van der Waals surface area (Å²) in [6.07, 6.45) is -0.916. The summed E-state index contributed by atoms with van der Waals surface area (Å²) in [7, 11) is 1.30. The van der Waals surface area contributed by atoms with Gasteiger partial charge in [-0.05, 0) is 17.7 Å². The van der Waals surface area contributed by atoms with Gasteiger partial charge in [0, 0.05) is 0 Å². The summed E-state index contributed by atoms with van der Waals surface area (Å²) in [6, 6.07) is 16.4. The number of esters is 1. The van der Waals surface area contributed by atoms with Gasteiger partial charge in [-0.2, -0.15) is 0 Å². The van der Waals surface area contributed by atoms with E-state index >= 15 is 0 Å². The third kappa shape index (κ3) is 2.09. The van der Waals surface area contributed by atoms with E-state index in [9.17, 15) is 9.59 Å². The quantitative estimate of drug-likeness (QED) is 0.536. The fourth-order valence-electron chi connectivity index (χ4n) is 3.18. The highest BCUT2D eigenvalue weighted by molar-refractivity contribution is 5.88. The average molecular weight is 322 g/mol. The molecule has 0 N–H and O–H groups in total. The third-order valence-electron chi connectivity index (χ3n) is 4.25. The number of carbonyl (C=O) groups is 1. The third-order valence-corrected chi connectivity index (χ3v) is 4.25. The first-order valence-electron chi connectivity index (χ1n) is 7.56. The van der Waals surface area contributed by atoms with E-state index < -0.39 is 23.6 Å². The number of methoxy groups -OCH3 is 1. The van der Waals surface area contributed by atoms with Crippen molar-refractivity contribution < 1.29 is 18.7 Å². The van der Waals surface area contributed by atoms with E-state index in [4.69, 9.17) is 13.9 Å². The summed E-state index contributed by atoms with van der Waals surface area (Å²) >= 11 is 0. The monoisotopic (exact) mass is 322 g/mol. The molecule has 0 unspecified atom stereocenters. The van der Waals surface area contributed by atoms with Crippen LogP contribution < -0.4 is 10.4 Å². The molecule has 1 aromatic heterocycles. The van der Waals surface area contributed by atoms with Crippen LogP contribution in [0.2, 0.25) is 0 Å². The molecule has 2 heterocycles. The summed E-state index contributed by atoms with van der Waals surface area (Å²) in [5, 5.41) is 0.666. The molecule has 5 nitrogen and oxygen atoms in total. The molecule has 1 aliphatic rings. The lowest BCUT2D eigenvalue weighted by atomic mass is 9.88.